The van der Waals surface area contributed by atoms with Crippen molar-refractivity contribution in [2.45, 2.75) is 0 Å². The largest absolute Gasteiger partial charge is 0.310 e. The molecule has 0 radical (unpaired) electrons. The Bertz CT molecular complexity index is 2990. The molecule has 0 aromatic heterocycles. The van der Waals surface area contributed by atoms with E-state index in [4.69, 9.17) is 0 Å². The molecule has 0 heterocycles. The van der Waals surface area contributed by atoms with Gasteiger partial charge in [0.25, 0.3) is 0 Å². The summed E-state index contributed by atoms with van der Waals surface area (Å²) in [4.78, 5) is 2.40. The van der Waals surface area contributed by atoms with Gasteiger partial charge in [0.05, 0.1) is 5.69 Å². The molecule has 10 rings (SSSR count). The molecule has 0 bridgehead atoms. The van der Waals surface area contributed by atoms with E-state index in [1.165, 1.54) is 77.2 Å². The van der Waals surface area contributed by atoms with Gasteiger partial charge in [-0.15, -0.1) is 0 Å². The average molecular weight is 726 g/mol. The molecule has 10 aromatic rings. The van der Waals surface area contributed by atoms with E-state index in [0.717, 1.165) is 17.1 Å². The smallest absolute Gasteiger partial charge is 0.0540 e. The van der Waals surface area contributed by atoms with Crippen LogP contribution in [0.2, 0.25) is 0 Å². The van der Waals surface area contributed by atoms with Crippen molar-refractivity contribution in [2.75, 3.05) is 4.90 Å². The summed E-state index contributed by atoms with van der Waals surface area (Å²) >= 11 is 0. The number of fused-ring (bicyclic) bond motifs is 2. The molecule has 0 saturated heterocycles. The number of rotatable bonds is 8. The molecule has 10 aromatic carbocycles. The van der Waals surface area contributed by atoms with Gasteiger partial charge >= 0.3 is 0 Å². The van der Waals surface area contributed by atoms with E-state index in [-0.39, 0.29) is 0 Å². The van der Waals surface area contributed by atoms with Gasteiger partial charge in [0.1, 0.15) is 0 Å². The molecule has 1 nitrogen and oxygen atoms in total. The maximum atomic E-state index is 2.40. The zero-order valence-corrected chi connectivity index (χ0v) is 31.5. The third-order valence-corrected chi connectivity index (χ3v) is 11.1. The summed E-state index contributed by atoms with van der Waals surface area (Å²) in [7, 11) is 0. The molecule has 0 N–H and O–H groups in total. The van der Waals surface area contributed by atoms with Crippen molar-refractivity contribution in [3.8, 4) is 55.6 Å². The van der Waals surface area contributed by atoms with Gasteiger partial charge in [0.15, 0.2) is 0 Å². The number of hydrogen-bond acceptors (Lipinski definition) is 1. The molecule has 57 heavy (non-hydrogen) atoms. The second-order valence-electron chi connectivity index (χ2n) is 14.6. The van der Waals surface area contributed by atoms with Gasteiger partial charge < -0.3 is 4.90 Å². The van der Waals surface area contributed by atoms with E-state index in [0.29, 0.717) is 0 Å². The Morgan fingerprint density at radius 3 is 1.58 bits per heavy atom. The summed E-state index contributed by atoms with van der Waals surface area (Å²) in [5, 5.41) is 5.00. The highest BCUT2D eigenvalue weighted by molar-refractivity contribution is 5.97. The zero-order chi connectivity index (χ0) is 38.0. The maximum absolute atomic E-state index is 2.40. The lowest BCUT2D eigenvalue weighted by atomic mass is 9.95. The van der Waals surface area contributed by atoms with Crippen molar-refractivity contribution in [2.24, 2.45) is 0 Å². The monoisotopic (exact) mass is 725 g/mol. The lowest BCUT2D eigenvalue weighted by Crippen LogP contribution is -2.11. The lowest BCUT2D eigenvalue weighted by Gasteiger charge is -2.28. The van der Waals surface area contributed by atoms with Gasteiger partial charge in [-0.1, -0.05) is 194 Å². The zero-order valence-electron chi connectivity index (χ0n) is 31.5. The van der Waals surface area contributed by atoms with Crippen LogP contribution in [0, 0.1) is 0 Å². The summed E-state index contributed by atoms with van der Waals surface area (Å²) in [6, 6.07) is 85.7. The van der Waals surface area contributed by atoms with Crippen molar-refractivity contribution >= 4 is 38.6 Å². The summed E-state index contributed by atoms with van der Waals surface area (Å²) in [6.07, 6.45) is 0. The summed E-state index contributed by atoms with van der Waals surface area (Å²) in [5.74, 6) is 0. The van der Waals surface area contributed by atoms with E-state index in [1.54, 1.807) is 0 Å². The fourth-order valence-electron chi connectivity index (χ4n) is 8.15. The Morgan fingerprint density at radius 1 is 0.228 bits per heavy atom. The highest BCUT2D eigenvalue weighted by Crippen LogP contribution is 2.43. The molecule has 0 unspecified atom stereocenters. The van der Waals surface area contributed by atoms with Crippen LogP contribution in [0.25, 0.3) is 77.2 Å². The first-order valence-electron chi connectivity index (χ1n) is 19.6. The van der Waals surface area contributed by atoms with E-state index >= 15 is 0 Å². The lowest BCUT2D eigenvalue weighted by molar-refractivity contribution is 1.28. The molecule has 0 spiro atoms. The SMILES string of the molecule is c1ccc(-c2ccc(-c3ccccc3N(c3ccc(-c4cccc(-c5cccc6ccccc56)c4)cc3)c3cccc(-c4ccc5ccccc5c4)c3)cc2)cc1. The molecular weight excluding hydrogens is 687 g/mol. The minimum Gasteiger partial charge on any atom is -0.310 e. The van der Waals surface area contributed by atoms with Crippen LogP contribution in [0.3, 0.4) is 0 Å². The van der Waals surface area contributed by atoms with Crippen LogP contribution in [0.15, 0.2) is 237 Å². The van der Waals surface area contributed by atoms with Crippen LogP contribution >= 0.6 is 0 Å². The van der Waals surface area contributed by atoms with Gasteiger partial charge in [-0.25, -0.2) is 0 Å². The topological polar surface area (TPSA) is 3.24 Å². The minimum atomic E-state index is 1.09. The Kier molecular flexibility index (Phi) is 8.95. The second-order valence-corrected chi connectivity index (χ2v) is 14.6. The molecule has 0 aliphatic heterocycles. The van der Waals surface area contributed by atoms with E-state index in [2.05, 4.69) is 241 Å². The quantitative estimate of drug-likeness (QED) is 0.151. The normalized spacial score (nSPS) is 11.2. The van der Waals surface area contributed by atoms with Crippen LogP contribution in [-0.2, 0) is 0 Å². The number of para-hydroxylation sites is 1. The van der Waals surface area contributed by atoms with Gasteiger partial charge in [-0.3, -0.25) is 0 Å². The van der Waals surface area contributed by atoms with Crippen molar-refractivity contribution in [3.63, 3.8) is 0 Å². The van der Waals surface area contributed by atoms with Crippen LogP contribution in [0.1, 0.15) is 0 Å². The highest BCUT2D eigenvalue weighted by Gasteiger charge is 2.18. The first kappa shape index (κ1) is 34.0. The van der Waals surface area contributed by atoms with E-state index < -0.39 is 0 Å². The van der Waals surface area contributed by atoms with E-state index in [9.17, 15) is 0 Å². The van der Waals surface area contributed by atoms with Gasteiger partial charge in [0, 0.05) is 16.9 Å². The molecule has 0 saturated carbocycles. The number of benzene rings is 10. The minimum absolute atomic E-state index is 1.09. The molecule has 0 amide bonds. The van der Waals surface area contributed by atoms with Crippen LogP contribution in [-0.4, -0.2) is 0 Å². The van der Waals surface area contributed by atoms with Crippen LogP contribution in [0.4, 0.5) is 17.1 Å². The number of anilines is 3. The standard InChI is InChI=1S/C56H39N/c1-2-13-40(14-3-1)42-27-30-45(31-28-42)55-24-8-9-26-56(55)57(52-22-11-20-48(39-52)49-32-29-41-15-4-5-17-46(41)37-49)51-35-33-43(34-36-51)47-19-10-21-50(38-47)54-25-12-18-44-16-6-7-23-53(44)54/h1-39H. The molecule has 0 aliphatic rings. The Balaban J connectivity index is 1.07. The van der Waals surface area contributed by atoms with Crippen LogP contribution < -0.4 is 4.90 Å². The van der Waals surface area contributed by atoms with Crippen LogP contribution in [0.5, 0.6) is 0 Å². The fourth-order valence-corrected chi connectivity index (χ4v) is 8.15. The van der Waals surface area contributed by atoms with Crippen molar-refractivity contribution in [1.29, 1.82) is 0 Å². The second kappa shape index (κ2) is 15.0. The molecule has 268 valence electrons. The molecule has 0 atom stereocenters. The molecule has 0 fully saturated rings. The Labute approximate surface area is 334 Å². The number of hydrogen-bond donors (Lipinski definition) is 0. The number of nitrogens with zero attached hydrogens (tertiary/aromatic N) is 1. The Morgan fingerprint density at radius 2 is 0.737 bits per heavy atom. The predicted molar refractivity (Wildman–Crippen MR) is 243 cm³/mol. The van der Waals surface area contributed by atoms with Gasteiger partial charge in [0.2, 0.25) is 0 Å². The highest BCUT2D eigenvalue weighted by atomic mass is 15.1. The first-order chi connectivity index (χ1) is 28.2. The summed E-state index contributed by atoms with van der Waals surface area (Å²) < 4.78 is 0. The summed E-state index contributed by atoms with van der Waals surface area (Å²) in [6.45, 7) is 0. The first-order valence-corrected chi connectivity index (χ1v) is 19.6. The van der Waals surface area contributed by atoms with Gasteiger partial charge in [-0.05, 0) is 114 Å². The third-order valence-electron chi connectivity index (χ3n) is 11.1. The maximum Gasteiger partial charge on any atom is 0.0540 e. The summed E-state index contributed by atoms with van der Waals surface area (Å²) in [5.41, 5.74) is 15.3. The molecular formula is C56H39N. The van der Waals surface area contributed by atoms with Crippen molar-refractivity contribution in [3.05, 3.63) is 237 Å². The van der Waals surface area contributed by atoms with Crippen molar-refractivity contribution < 1.29 is 0 Å². The third kappa shape index (κ3) is 6.77. The molecule has 0 aliphatic carbocycles. The molecule has 1 heteroatoms. The predicted octanol–water partition coefficient (Wildman–Crippen LogP) is 15.8. The van der Waals surface area contributed by atoms with Gasteiger partial charge in [-0.2, -0.15) is 0 Å². The van der Waals surface area contributed by atoms with Crippen molar-refractivity contribution in [1.82, 2.24) is 0 Å². The average Bonchev–Trinajstić information content (AvgIpc) is 3.30. The fraction of sp³-hybridized carbons (Fsp3) is 0. The Hall–Kier alpha value is -7.48. The van der Waals surface area contributed by atoms with E-state index in [1.807, 2.05) is 0 Å².